The van der Waals surface area contributed by atoms with Gasteiger partial charge < -0.3 is 24.6 Å². The van der Waals surface area contributed by atoms with Crippen LogP contribution in [0.15, 0.2) is 24.3 Å². The number of alkyl halides is 2. The Morgan fingerprint density at radius 1 is 1.29 bits per heavy atom. The fourth-order valence-electron chi connectivity index (χ4n) is 6.30. The lowest BCUT2D eigenvalue weighted by atomic mass is 9.94. The van der Waals surface area contributed by atoms with E-state index in [1.165, 1.54) is 23.1 Å². The van der Waals surface area contributed by atoms with Crippen molar-refractivity contribution in [3.8, 4) is 5.75 Å². The summed E-state index contributed by atoms with van der Waals surface area (Å²) in [7, 11) is 1.63. The fourth-order valence-corrected chi connectivity index (χ4v) is 6.30. The van der Waals surface area contributed by atoms with Crippen LogP contribution in [0, 0.1) is 11.7 Å². The lowest BCUT2D eigenvalue weighted by molar-refractivity contribution is -0.143. The zero-order valence-electron chi connectivity index (χ0n) is 24.0. The van der Waals surface area contributed by atoms with Gasteiger partial charge in [-0.3, -0.25) is 9.69 Å². The number of hydrogen-bond acceptors (Lipinski definition) is 7. The van der Waals surface area contributed by atoms with Crippen molar-refractivity contribution in [1.82, 2.24) is 9.88 Å². The van der Waals surface area contributed by atoms with Crippen LogP contribution in [0.4, 0.5) is 19.0 Å². The molecule has 0 saturated carbocycles. The first-order valence-electron chi connectivity index (χ1n) is 14.9. The molecule has 2 fully saturated rings. The minimum atomic E-state index is -2.95. The number of halogens is 3. The molecule has 0 aliphatic carbocycles. The maximum atomic E-state index is 15.4. The molecule has 0 amide bonds. The Labute approximate surface area is 244 Å². The molecule has 1 unspecified atom stereocenters. The number of methoxy groups -OCH3 is 1. The number of rotatable bonds is 13. The number of pyridine rings is 1. The second kappa shape index (κ2) is 13.6. The average Bonchev–Trinajstić information content (AvgIpc) is 3.68. The van der Waals surface area contributed by atoms with Crippen molar-refractivity contribution in [2.75, 3.05) is 45.3 Å². The number of benzene rings is 1. The largest absolute Gasteiger partial charge is 0.496 e. The van der Waals surface area contributed by atoms with Crippen LogP contribution in [0.25, 0.3) is 0 Å². The molecule has 1 aromatic heterocycles. The summed E-state index contributed by atoms with van der Waals surface area (Å²) < 4.78 is 61.7. The molecule has 3 aliphatic rings. The lowest BCUT2D eigenvalue weighted by Gasteiger charge is -2.28. The third kappa shape index (κ3) is 7.18. The molecule has 0 spiro atoms. The minimum Gasteiger partial charge on any atom is -0.496 e. The highest BCUT2D eigenvalue weighted by atomic mass is 19.3. The number of fused-ring (bicyclic) bond motifs is 1. The highest BCUT2D eigenvalue weighted by Gasteiger charge is 2.45. The van der Waals surface area contributed by atoms with Crippen LogP contribution >= 0.6 is 0 Å². The van der Waals surface area contributed by atoms with Gasteiger partial charge in [0.15, 0.2) is 0 Å². The van der Waals surface area contributed by atoms with Crippen LogP contribution < -0.4 is 10.1 Å². The van der Waals surface area contributed by atoms with Crippen LogP contribution in [-0.2, 0) is 33.7 Å². The number of hydrogen-bond donors (Lipinski definition) is 2. The number of likely N-dealkylation sites (tertiary alicyclic amines) is 1. The number of ether oxygens (including phenoxy) is 3. The molecule has 0 radical (unpaired) electrons. The first-order chi connectivity index (χ1) is 20.2. The molecule has 230 valence electrons. The van der Waals surface area contributed by atoms with Gasteiger partial charge in [-0.05, 0) is 74.8 Å². The Morgan fingerprint density at radius 2 is 2.14 bits per heavy atom. The summed E-state index contributed by atoms with van der Waals surface area (Å²) >= 11 is 0. The maximum Gasteiger partial charge on any atom is 0.325 e. The number of aromatic nitrogens is 1. The van der Waals surface area contributed by atoms with Gasteiger partial charge in [0.1, 0.15) is 23.4 Å². The molecule has 3 aliphatic heterocycles. The zero-order chi connectivity index (χ0) is 29.7. The van der Waals surface area contributed by atoms with Crippen LogP contribution in [0.3, 0.4) is 0 Å². The normalized spacial score (nSPS) is 21.6. The van der Waals surface area contributed by atoms with Crippen molar-refractivity contribution >= 4 is 11.8 Å². The van der Waals surface area contributed by atoms with Gasteiger partial charge in [-0.2, -0.15) is 0 Å². The Kier molecular flexibility index (Phi) is 9.90. The van der Waals surface area contributed by atoms with Gasteiger partial charge in [0, 0.05) is 49.4 Å². The summed E-state index contributed by atoms with van der Waals surface area (Å²) in [6.45, 7) is 2.12. The molecule has 4 heterocycles. The number of nitrogens with zero attached hydrogens (tertiary/aromatic N) is 2. The fraction of sp³-hybridized carbons (Fsp3) is 0.613. The number of aliphatic carboxylic acids is 1. The zero-order valence-corrected chi connectivity index (χ0v) is 24.0. The number of anilines is 1. The number of carboxylic acid groups (broad SMARTS) is 1. The maximum absolute atomic E-state index is 15.4. The highest BCUT2D eigenvalue weighted by Crippen LogP contribution is 2.40. The lowest BCUT2D eigenvalue weighted by Crippen LogP contribution is -2.36. The summed E-state index contributed by atoms with van der Waals surface area (Å²) in [6.07, 6.45) is 3.86. The topological polar surface area (TPSA) is 93.2 Å². The third-order valence-electron chi connectivity index (χ3n) is 8.63. The summed E-state index contributed by atoms with van der Waals surface area (Å²) in [5.41, 5.74) is 2.65. The van der Waals surface area contributed by atoms with Crippen molar-refractivity contribution in [2.24, 2.45) is 5.92 Å². The van der Waals surface area contributed by atoms with Crippen LogP contribution in [0.5, 0.6) is 5.75 Å². The molecule has 8 nitrogen and oxygen atoms in total. The quantitative estimate of drug-likeness (QED) is 0.300. The van der Waals surface area contributed by atoms with E-state index in [4.69, 9.17) is 14.2 Å². The molecule has 2 N–H and O–H groups in total. The monoisotopic (exact) mass is 591 g/mol. The molecule has 2 aromatic rings. The second-order valence-electron chi connectivity index (χ2n) is 11.5. The van der Waals surface area contributed by atoms with Gasteiger partial charge in [-0.25, -0.2) is 18.2 Å². The summed E-state index contributed by atoms with van der Waals surface area (Å²) in [5, 5.41) is 13.4. The van der Waals surface area contributed by atoms with Gasteiger partial charge in [0.25, 0.3) is 5.92 Å². The Bertz CT molecular complexity index is 1220. The average molecular weight is 592 g/mol. The molecule has 2 saturated heterocycles. The van der Waals surface area contributed by atoms with Crippen molar-refractivity contribution in [1.29, 1.82) is 0 Å². The third-order valence-corrected chi connectivity index (χ3v) is 8.63. The number of carboxylic acids is 1. The van der Waals surface area contributed by atoms with E-state index in [2.05, 4.69) is 10.3 Å². The molecule has 1 aromatic carbocycles. The molecular weight excluding hydrogens is 551 g/mol. The molecule has 0 bridgehead atoms. The van der Waals surface area contributed by atoms with Gasteiger partial charge in [-0.15, -0.1) is 0 Å². The van der Waals surface area contributed by atoms with E-state index in [0.717, 1.165) is 48.6 Å². The van der Waals surface area contributed by atoms with E-state index in [1.807, 2.05) is 6.07 Å². The molecule has 3 atom stereocenters. The van der Waals surface area contributed by atoms with Gasteiger partial charge in [-0.1, -0.05) is 6.07 Å². The summed E-state index contributed by atoms with van der Waals surface area (Å²) in [5.74, 6) is -4.09. The van der Waals surface area contributed by atoms with Crippen LogP contribution in [-0.4, -0.2) is 72.9 Å². The van der Waals surface area contributed by atoms with Gasteiger partial charge in [0.2, 0.25) is 0 Å². The van der Waals surface area contributed by atoms with Crippen LogP contribution in [0.1, 0.15) is 67.0 Å². The Hall–Kier alpha value is -2.89. The van der Waals surface area contributed by atoms with E-state index >= 15 is 8.78 Å². The predicted octanol–water partition coefficient (Wildman–Crippen LogP) is 5.39. The first-order valence-corrected chi connectivity index (χ1v) is 14.9. The van der Waals surface area contributed by atoms with Crippen molar-refractivity contribution in [3.63, 3.8) is 0 Å². The van der Waals surface area contributed by atoms with Crippen molar-refractivity contribution in [2.45, 2.75) is 76.0 Å². The number of carbonyl (C=O) groups is 1. The van der Waals surface area contributed by atoms with E-state index in [-0.39, 0.29) is 44.2 Å². The smallest absolute Gasteiger partial charge is 0.325 e. The molecule has 5 rings (SSSR count). The van der Waals surface area contributed by atoms with Crippen molar-refractivity contribution < 1.29 is 37.3 Å². The van der Waals surface area contributed by atoms with E-state index < -0.39 is 29.7 Å². The number of nitrogens with one attached hydrogen (secondary N) is 1. The predicted molar refractivity (Wildman–Crippen MR) is 151 cm³/mol. The highest BCUT2D eigenvalue weighted by molar-refractivity contribution is 5.76. The standard InChI is InChI=1S/C31H40F3N3O5/c1-40-27-16-23(36-29-25(27)6-4-12-35-29)5-2-3-11-31(33,34)21-9-13-37(17-21)28(30(38)39)26-15-22(32)8-7-20(26)18-42-24-10-14-41-19-24/h7-8,15-16,21,24,28H,2-6,9-14,17-19H2,1H3,(H,35,36)(H,38,39)/t21-,24+,28?/m1/s1. The van der Waals surface area contributed by atoms with Crippen molar-refractivity contribution in [3.05, 3.63) is 52.5 Å². The summed E-state index contributed by atoms with van der Waals surface area (Å²) in [6, 6.07) is 4.63. The Balaban J connectivity index is 1.18. The van der Waals surface area contributed by atoms with Gasteiger partial charge >= 0.3 is 5.97 Å². The number of unbranched alkanes of at least 4 members (excludes halogenated alkanes) is 1. The van der Waals surface area contributed by atoms with Crippen LogP contribution in [0.2, 0.25) is 0 Å². The molecular formula is C31H40F3N3O5. The van der Waals surface area contributed by atoms with Gasteiger partial charge in [0.05, 0.1) is 26.4 Å². The molecule has 42 heavy (non-hydrogen) atoms. The van der Waals surface area contributed by atoms with E-state index in [0.29, 0.717) is 38.0 Å². The minimum absolute atomic E-state index is 0.0769. The second-order valence-corrected chi connectivity index (χ2v) is 11.5. The molecule has 11 heteroatoms. The SMILES string of the molecule is COc1cc(CCCCC(F)(F)[C@@H]2CCN(C(C(=O)O)c3cc(F)ccc3CO[C@H]3CCOC3)C2)nc2c1CCCN2. The first kappa shape index (κ1) is 30.6. The van der Waals surface area contributed by atoms with E-state index in [9.17, 15) is 14.3 Å². The van der Waals surface area contributed by atoms with E-state index in [1.54, 1.807) is 7.11 Å². The summed E-state index contributed by atoms with van der Waals surface area (Å²) in [4.78, 5) is 18.6. The number of aryl methyl sites for hydroxylation is 1. The Morgan fingerprint density at radius 3 is 2.90 bits per heavy atom.